The first-order valence-electron chi connectivity index (χ1n) is 4.95. The van der Waals surface area contributed by atoms with Crippen LogP contribution in [-0.4, -0.2) is 0 Å². The molecule has 0 atom stereocenters. The largest absolute Gasteiger partial charge is 0.455 e. The Kier molecular flexibility index (Phi) is 3.02. The number of anilines is 1. The van der Waals surface area contributed by atoms with E-state index >= 15 is 0 Å². The van der Waals surface area contributed by atoms with Crippen LogP contribution in [0.5, 0.6) is 11.5 Å². The lowest BCUT2D eigenvalue weighted by atomic mass is 10.2. The fourth-order valence-corrected chi connectivity index (χ4v) is 1.65. The highest BCUT2D eigenvalue weighted by molar-refractivity contribution is 6.30. The van der Waals surface area contributed by atoms with E-state index in [0.717, 1.165) is 11.3 Å². The molecule has 0 saturated heterocycles. The Bertz CT molecular complexity index is 511. The number of nitrogen functional groups attached to an aromatic ring is 1. The zero-order chi connectivity index (χ0) is 11.5. The van der Waals surface area contributed by atoms with Gasteiger partial charge in [0.15, 0.2) is 0 Å². The van der Waals surface area contributed by atoms with Crippen molar-refractivity contribution in [2.75, 3.05) is 5.73 Å². The molecule has 16 heavy (non-hydrogen) atoms. The van der Waals surface area contributed by atoms with Gasteiger partial charge in [-0.2, -0.15) is 0 Å². The lowest BCUT2D eigenvalue weighted by molar-refractivity contribution is 0.481. The van der Waals surface area contributed by atoms with E-state index in [9.17, 15) is 0 Å². The Balaban J connectivity index is 2.31. The van der Waals surface area contributed by atoms with Gasteiger partial charge in [-0.05, 0) is 42.8 Å². The smallest absolute Gasteiger partial charge is 0.150 e. The molecule has 0 unspecified atom stereocenters. The first-order chi connectivity index (χ1) is 7.66. The molecule has 0 aliphatic carbocycles. The van der Waals surface area contributed by atoms with Gasteiger partial charge in [0.1, 0.15) is 11.5 Å². The zero-order valence-electron chi connectivity index (χ0n) is 8.91. The number of aryl methyl sites for hydroxylation is 1. The lowest BCUT2D eigenvalue weighted by Gasteiger charge is -2.10. The Labute approximate surface area is 99.6 Å². The summed E-state index contributed by atoms with van der Waals surface area (Å²) >= 11 is 5.87. The summed E-state index contributed by atoms with van der Waals surface area (Å²) in [6, 6.07) is 12.9. The number of hydrogen-bond acceptors (Lipinski definition) is 2. The first kappa shape index (κ1) is 10.8. The highest BCUT2D eigenvalue weighted by atomic mass is 35.5. The molecule has 0 spiro atoms. The van der Waals surface area contributed by atoms with Crippen LogP contribution in [0.1, 0.15) is 5.56 Å². The van der Waals surface area contributed by atoms with Crippen LogP contribution in [0.25, 0.3) is 0 Å². The Morgan fingerprint density at radius 1 is 1.06 bits per heavy atom. The molecular formula is C13H12ClNO. The molecule has 2 N–H and O–H groups in total. The SMILES string of the molecule is Cc1cc(Cl)ccc1Oc1ccccc1N. The summed E-state index contributed by atoms with van der Waals surface area (Å²) in [5.74, 6) is 1.43. The van der Waals surface area contributed by atoms with Crippen LogP contribution in [0.2, 0.25) is 5.02 Å². The molecule has 2 nitrogen and oxygen atoms in total. The van der Waals surface area contributed by atoms with Crippen molar-refractivity contribution in [1.82, 2.24) is 0 Å². The molecule has 2 aromatic rings. The van der Waals surface area contributed by atoms with Crippen LogP contribution in [0.3, 0.4) is 0 Å². The summed E-state index contributed by atoms with van der Waals surface area (Å²) in [6.07, 6.45) is 0. The van der Waals surface area contributed by atoms with E-state index in [0.29, 0.717) is 16.5 Å². The number of para-hydroxylation sites is 2. The van der Waals surface area contributed by atoms with Crippen LogP contribution in [0.15, 0.2) is 42.5 Å². The maximum atomic E-state index is 5.87. The van der Waals surface area contributed by atoms with E-state index in [2.05, 4.69) is 0 Å². The molecule has 0 aromatic heterocycles. The number of benzene rings is 2. The molecule has 0 fully saturated rings. The fourth-order valence-electron chi connectivity index (χ4n) is 1.42. The molecule has 2 aromatic carbocycles. The maximum Gasteiger partial charge on any atom is 0.150 e. The summed E-state index contributed by atoms with van der Waals surface area (Å²) in [6.45, 7) is 1.94. The van der Waals surface area contributed by atoms with Crippen LogP contribution in [0.4, 0.5) is 5.69 Å². The molecule has 82 valence electrons. The van der Waals surface area contributed by atoms with E-state index in [1.807, 2.05) is 37.3 Å². The topological polar surface area (TPSA) is 35.2 Å². The fraction of sp³-hybridized carbons (Fsp3) is 0.0769. The Hall–Kier alpha value is -1.67. The molecule has 0 aliphatic heterocycles. The monoisotopic (exact) mass is 233 g/mol. The van der Waals surface area contributed by atoms with Gasteiger partial charge in [-0.3, -0.25) is 0 Å². The third-order valence-corrected chi connectivity index (χ3v) is 2.51. The summed E-state index contributed by atoms with van der Waals surface area (Å²) in [4.78, 5) is 0. The molecule has 0 aliphatic rings. The van der Waals surface area contributed by atoms with Gasteiger partial charge in [0.05, 0.1) is 5.69 Å². The van der Waals surface area contributed by atoms with Crippen LogP contribution >= 0.6 is 11.6 Å². The normalized spacial score (nSPS) is 10.1. The van der Waals surface area contributed by atoms with Gasteiger partial charge >= 0.3 is 0 Å². The van der Waals surface area contributed by atoms with Crippen LogP contribution in [0, 0.1) is 6.92 Å². The Morgan fingerprint density at radius 3 is 2.50 bits per heavy atom. The molecule has 2 rings (SSSR count). The van der Waals surface area contributed by atoms with Gasteiger partial charge in [0.25, 0.3) is 0 Å². The second kappa shape index (κ2) is 4.45. The van der Waals surface area contributed by atoms with Gasteiger partial charge in [0, 0.05) is 5.02 Å². The van der Waals surface area contributed by atoms with Crippen molar-refractivity contribution in [2.24, 2.45) is 0 Å². The minimum absolute atomic E-state index is 0.622. The predicted octanol–water partition coefficient (Wildman–Crippen LogP) is 4.02. The van der Waals surface area contributed by atoms with Gasteiger partial charge < -0.3 is 10.5 Å². The summed E-state index contributed by atoms with van der Waals surface area (Å²) in [7, 11) is 0. The minimum atomic E-state index is 0.622. The zero-order valence-corrected chi connectivity index (χ0v) is 9.66. The lowest BCUT2D eigenvalue weighted by Crippen LogP contribution is -1.92. The predicted molar refractivity (Wildman–Crippen MR) is 67.1 cm³/mol. The summed E-state index contributed by atoms with van der Waals surface area (Å²) < 4.78 is 5.71. The third-order valence-electron chi connectivity index (χ3n) is 2.28. The van der Waals surface area contributed by atoms with E-state index in [-0.39, 0.29) is 0 Å². The minimum Gasteiger partial charge on any atom is -0.455 e. The molecule has 0 saturated carbocycles. The molecule has 0 heterocycles. The highest BCUT2D eigenvalue weighted by Gasteiger charge is 2.04. The van der Waals surface area contributed by atoms with Gasteiger partial charge in [-0.15, -0.1) is 0 Å². The van der Waals surface area contributed by atoms with Gasteiger partial charge in [-0.1, -0.05) is 23.7 Å². The standard InChI is InChI=1S/C13H12ClNO/c1-9-8-10(14)6-7-12(9)16-13-5-3-2-4-11(13)15/h2-8H,15H2,1H3. The average molecular weight is 234 g/mol. The molecule has 0 bridgehead atoms. The average Bonchev–Trinajstić information content (AvgIpc) is 2.25. The number of hydrogen-bond donors (Lipinski definition) is 1. The van der Waals surface area contributed by atoms with E-state index < -0.39 is 0 Å². The van der Waals surface area contributed by atoms with Crippen molar-refractivity contribution in [3.63, 3.8) is 0 Å². The van der Waals surface area contributed by atoms with Crippen molar-refractivity contribution < 1.29 is 4.74 Å². The van der Waals surface area contributed by atoms with Crippen molar-refractivity contribution in [2.45, 2.75) is 6.92 Å². The third kappa shape index (κ3) is 2.28. The van der Waals surface area contributed by atoms with Crippen molar-refractivity contribution >= 4 is 17.3 Å². The van der Waals surface area contributed by atoms with Crippen molar-refractivity contribution in [1.29, 1.82) is 0 Å². The second-order valence-electron chi connectivity index (χ2n) is 3.55. The van der Waals surface area contributed by atoms with E-state index in [4.69, 9.17) is 22.1 Å². The van der Waals surface area contributed by atoms with Crippen molar-refractivity contribution in [3.05, 3.63) is 53.1 Å². The number of rotatable bonds is 2. The van der Waals surface area contributed by atoms with Gasteiger partial charge in [-0.25, -0.2) is 0 Å². The Morgan fingerprint density at radius 2 is 1.81 bits per heavy atom. The van der Waals surface area contributed by atoms with E-state index in [1.54, 1.807) is 12.1 Å². The number of halogens is 1. The highest BCUT2D eigenvalue weighted by Crippen LogP contribution is 2.30. The van der Waals surface area contributed by atoms with Crippen LogP contribution in [-0.2, 0) is 0 Å². The van der Waals surface area contributed by atoms with Crippen molar-refractivity contribution in [3.8, 4) is 11.5 Å². The summed E-state index contributed by atoms with van der Waals surface area (Å²) in [5, 5.41) is 0.700. The quantitative estimate of drug-likeness (QED) is 0.795. The second-order valence-corrected chi connectivity index (χ2v) is 3.99. The molecule has 0 radical (unpaired) electrons. The first-order valence-corrected chi connectivity index (χ1v) is 5.33. The molecule has 3 heteroatoms. The number of nitrogens with two attached hydrogens (primary N) is 1. The molecular weight excluding hydrogens is 222 g/mol. The summed E-state index contributed by atoms with van der Waals surface area (Å²) in [5.41, 5.74) is 7.40. The molecule has 0 amide bonds. The van der Waals surface area contributed by atoms with E-state index in [1.165, 1.54) is 0 Å². The maximum absolute atomic E-state index is 5.87. The van der Waals surface area contributed by atoms with Gasteiger partial charge in [0.2, 0.25) is 0 Å². The number of ether oxygens (including phenoxy) is 1. The van der Waals surface area contributed by atoms with Crippen LogP contribution < -0.4 is 10.5 Å².